The molecule has 0 heterocycles. The van der Waals surface area contributed by atoms with E-state index in [9.17, 15) is 0 Å². The highest BCUT2D eigenvalue weighted by atomic mass is 16.5. The molecule has 0 aromatic carbocycles. The van der Waals surface area contributed by atoms with Crippen LogP contribution in [0, 0.1) is 5.41 Å². The summed E-state index contributed by atoms with van der Waals surface area (Å²) in [5.41, 5.74) is 0.402. The van der Waals surface area contributed by atoms with Crippen LogP contribution in [-0.2, 0) is 9.47 Å². The smallest absolute Gasteiger partial charge is 0.191 e. The highest BCUT2D eigenvalue weighted by Crippen LogP contribution is 2.48. The highest BCUT2D eigenvalue weighted by molar-refractivity contribution is 5.79. The second-order valence-corrected chi connectivity index (χ2v) is 5.06. The van der Waals surface area contributed by atoms with Gasteiger partial charge in [0.05, 0.1) is 6.61 Å². The largest absolute Gasteiger partial charge is 0.383 e. The topological polar surface area (TPSA) is 54.9 Å². The molecule has 1 aliphatic carbocycles. The van der Waals surface area contributed by atoms with Gasteiger partial charge in [-0.1, -0.05) is 0 Å². The van der Waals surface area contributed by atoms with Crippen LogP contribution in [0.3, 0.4) is 0 Å². The summed E-state index contributed by atoms with van der Waals surface area (Å²) in [6.45, 7) is 9.04. The molecule has 0 radical (unpaired) electrons. The Bertz CT molecular complexity index is 265. The summed E-state index contributed by atoms with van der Waals surface area (Å²) in [7, 11) is 1.71. The van der Waals surface area contributed by atoms with Crippen LogP contribution in [0.15, 0.2) is 4.99 Å². The van der Waals surface area contributed by atoms with E-state index in [0.29, 0.717) is 12.0 Å². The van der Waals surface area contributed by atoms with Crippen molar-refractivity contribution in [2.45, 2.75) is 33.1 Å². The molecule has 2 N–H and O–H groups in total. The quantitative estimate of drug-likeness (QED) is 0.358. The molecule has 1 fully saturated rings. The molecule has 0 spiro atoms. The number of guanidine groups is 1. The van der Waals surface area contributed by atoms with Gasteiger partial charge in [-0.2, -0.15) is 0 Å². The van der Waals surface area contributed by atoms with E-state index in [4.69, 9.17) is 9.47 Å². The van der Waals surface area contributed by atoms with Gasteiger partial charge in [0, 0.05) is 40.0 Å². The first-order valence-corrected chi connectivity index (χ1v) is 7.35. The molecule has 0 saturated heterocycles. The molecule has 0 aromatic heterocycles. The molecule has 0 aliphatic heterocycles. The predicted molar refractivity (Wildman–Crippen MR) is 78.6 cm³/mol. The Kier molecular flexibility index (Phi) is 7.82. The first-order valence-electron chi connectivity index (χ1n) is 7.35. The average molecular weight is 271 g/mol. The van der Waals surface area contributed by atoms with Gasteiger partial charge in [0.25, 0.3) is 0 Å². The SMILES string of the molecule is CCNC(=NCC1(CCOCC)CC1)NCCOC. The number of nitrogens with zero attached hydrogens (tertiary/aromatic N) is 1. The number of hydrogen-bond acceptors (Lipinski definition) is 3. The zero-order chi connectivity index (χ0) is 14.0. The van der Waals surface area contributed by atoms with Crippen LogP contribution in [0.5, 0.6) is 0 Å². The summed E-state index contributed by atoms with van der Waals surface area (Å²) in [5, 5.41) is 6.53. The Morgan fingerprint density at radius 1 is 1.21 bits per heavy atom. The van der Waals surface area contributed by atoms with Gasteiger partial charge >= 0.3 is 0 Å². The van der Waals surface area contributed by atoms with Crippen LogP contribution in [-0.4, -0.2) is 52.5 Å². The third kappa shape index (κ3) is 6.78. The lowest BCUT2D eigenvalue weighted by Crippen LogP contribution is -2.39. The Morgan fingerprint density at radius 2 is 2.00 bits per heavy atom. The van der Waals surface area contributed by atoms with Crippen molar-refractivity contribution in [1.29, 1.82) is 0 Å². The van der Waals surface area contributed by atoms with Gasteiger partial charge in [-0.05, 0) is 38.5 Å². The minimum absolute atomic E-state index is 0.402. The first-order chi connectivity index (χ1) is 9.26. The van der Waals surface area contributed by atoms with Gasteiger partial charge in [-0.15, -0.1) is 0 Å². The van der Waals surface area contributed by atoms with Crippen LogP contribution in [0.2, 0.25) is 0 Å². The van der Waals surface area contributed by atoms with E-state index in [1.54, 1.807) is 7.11 Å². The van der Waals surface area contributed by atoms with Gasteiger partial charge in [0.1, 0.15) is 0 Å². The number of methoxy groups -OCH3 is 1. The maximum Gasteiger partial charge on any atom is 0.191 e. The minimum Gasteiger partial charge on any atom is -0.383 e. The molecule has 0 aromatic rings. The Labute approximate surface area is 117 Å². The first kappa shape index (κ1) is 16.2. The van der Waals surface area contributed by atoms with Crippen LogP contribution in [0.4, 0.5) is 0 Å². The molecule has 1 saturated carbocycles. The normalized spacial score (nSPS) is 17.3. The summed E-state index contributed by atoms with van der Waals surface area (Å²) in [5.74, 6) is 0.891. The van der Waals surface area contributed by atoms with Gasteiger partial charge in [-0.3, -0.25) is 4.99 Å². The standard InChI is InChI=1S/C14H29N3O2/c1-4-15-13(16-9-11-18-3)17-12-14(6-7-14)8-10-19-5-2/h4-12H2,1-3H3,(H2,15,16,17). The highest BCUT2D eigenvalue weighted by Gasteiger charge is 2.41. The van der Waals surface area contributed by atoms with Crippen molar-refractivity contribution < 1.29 is 9.47 Å². The number of hydrogen-bond donors (Lipinski definition) is 2. The second kappa shape index (κ2) is 9.15. The van der Waals surface area contributed by atoms with Crippen LogP contribution in [0.25, 0.3) is 0 Å². The van der Waals surface area contributed by atoms with Gasteiger partial charge < -0.3 is 20.1 Å². The van der Waals surface area contributed by atoms with Crippen molar-refractivity contribution in [3.05, 3.63) is 0 Å². The Hall–Kier alpha value is -0.810. The summed E-state index contributed by atoms with van der Waals surface area (Å²) in [6.07, 6.45) is 3.68. The molecule has 0 bridgehead atoms. The maximum absolute atomic E-state index is 5.45. The van der Waals surface area contributed by atoms with Crippen molar-refractivity contribution in [2.75, 3.05) is 46.6 Å². The number of rotatable bonds is 10. The molecule has 19 heavy (non-hydrogen) atoms. The zero-order valence-electron chi connectivity index (χ0n) is 12.6. The summed E-state index contributed by atoms with van der Waals surface area (Å²) in [4.78, 5) is 4.68. The minimum atomic E-state index is 0.402. The molecule has 0 unspecified atom stereocenters. The van der Waals surface area contributed by atoms with E-state index in [-0.39, 0.29) is 0 Å². The fourth-order valence-corrected chi connectivity index (χ4v) is 1.96. The van der Waals surface area contributed by atoms with Crippen molar-refractivity contribution in [2.24, 2.45) is 10.4 Å². The van der Waals surface area contributed by atoms with Crippen LogP contribution < -0.4 is 10.6 Å². The molecule has 5 heteroatoms. The third-order valence-electron chi connectivity index (χ3n) is 3.45. The van der Waals surface area contributed by atoms with Crippen molar-refractivity contribution in [1.82, 2.24) is 10.6 Å². The van der Waals surface area contributed by atoms with Gasteiger partial charge in [0.2, 0.25) is 0 Å². The van der Waals surface area contributed by atoms with Crippen molar-refractivity contribution in [3.8, 4) is 0 Å². The van der Waals surface area contributed by atoms with E-state index in [0.717, 1.165) is 45.2 Å². The molecule has 5 nitrogen and oxygen atoms in total. The lowest BCUT2D eigenvalue weighted by atomic mass is 10.0. The number of nitrogens with one attached hydrogen (secondary N) is 2. The van der Waals surface area contributed by atoms with E-state index >= 15 is 0 Å². The number of aliphatic imine (C=N–C) groups is 1. The molecular formula is C14H29N3O2. The maximum atomic E-state index is 5.45. The summed E-state index contributed by atoms with van der Waals surface area (Å²) < 4.78 is 10.5. The molecule has 0 amide bonds. The third-order valence-corrected chi connectivity index (χ3v) is 3.45. The second-order valence-electron chi connectivity index (χ2n) is 5.06. The fraction of sp³-hybridized carbons (Fsp3) is 0.929. The van der Waals surface area contributed by atoms with Crippen molar-refractivity contribution >= 4 is 5.96 Å². The van der Waals surface area contributed by atoms with Gasteiger partial charge in [0.15, 0.2) is 5.96 Å². The lowest BCUT2D eigenvalue weighted by Gasteiger charge is -2.15. The molecule has 112 valence electrons. The van der Waals surface area contributed by atoms with E-state index < -0.39 is 0 Å². The molecule has 1 rings (SSSR count). The fourth-order valence-electron chi connectivity index (χ4n) is 1.96. The monoisotopic (exact) mass is 271 g/mol. The lowest BCUT2D eigenvalue weighted by molar-refractivity contribution is 0.129. The van der Waals surface area contributed by atoms with Crippen molar-refractivity contribution in [3.63, 3.8) is 0 Å². The Balaban J connectivity index is 2.32. The number of ether oxygens (including phenoxy) is 2. The molecule has 0 atom stereocenters. The van der Waals surface area contributed by atoms with E-state index in [1.807, 2.05) is 6.92 Å². The zero-order valence-corrected chi connectivity index (χ0v) is 12.6. The summed E-state index contributed by atoms with van der Waals surface area (Å²) >= 11 is 0. The average Bonchev–Trinajstić information content (AvgIpc) is 3.17. The molecule has 1 aliphatic rings. The summed E-state index contributed by atoms with van der Waals surface area (Å²) in [6, 6.07) is 0. The van der Waals surface area contributed by atoms with E-state index in [1.165, 1.54) is 12.8 Å². The molecular weight excluding hydrogens is 242 g/mol. The van der Waals surface area contributed by atoms with Crippen LogP contribution in [0.1, 0.15) is 33.1 Å². The predicted octanol–water partition coefficient (Wildman–Crippen LogP) is 1.39. The van der Waals surface area contributed by atoms with Crippen LogP contribution >= 0.6 is 0 Å². The van der Waals surface area contributed by atoms with Gasteiger partial charge in [-0.25, -0.2) is 0 Å². The Morgan fingerprint density at radius 3 is 2.58 bits per heavy atom. The van der Waals surface area contributed by atoms with E-state index in [2.05, 4.69) is 22.5 Å².